The molecule has 2 heterocycles. The van der Waals surface area contributed by atoms with Crippen LogP contribution in [0, 0.1) is 22.7 Å². The number of ketones is 1. The minimum absolute atomic E-state index is 0.105. The van der Waals surface area contributed by atoms with Gasteiger partial charge in [0.2, 0.25) is 0 Å². The van der Waals surface area contributed by atoms with Crippen molar-refractivity contribution in [2.45, 2.75) is 75.5 Å². The molecular weight excluding hydrogens is 566 g/mol. The maximum Gasteiger partial charge on any atom is 0.193 e. The Morgan fingerprint density at radius 3 is 2.55 bits per heavy atom. The van der Waals surface area contributed by atoms with Crippen LogP contribution >= 0.6 is 0 Å². The van der Waals surface area contributed by atoms with Crippen LogP contribution in [0.1, 0.15) is 56.1 Å². The van der Waals surface area contributed by atoms with Gasteiger partial charge in [-0.3, -0.25) is 4.79 Å². The molecule has 7 rings (SSSR count). The molecule has 44 heavy (non-hydrogen) atoms. The highest BCUT2D eigenvalue weighted by Crippen LogP contribution is 2.72. The molecule has 2 aromatic rings. The van der Waals surface area contributed by atoms with Crippen LogP contribution in [0.5, 0.6) is 0 Å². The highest BCUT2D eigenvalue weighted by atomic mass is 19.1. The average molecular weight is 605 g/mol. The lowest BCUT2D eigenvalue weighted by Gasteiger charge is -2.63. The lowest BCUT2D eigenvalue weighted by Crippen LogP contribution is -2.70. The van der Waals surface area contributed by atoms with E-state index in [0.29, 0.717) is 23.4 Å². The minimum atomic E-state index is -2.18. The first-order valence-corrected chi connectivity index (χ1v) is 15.3. The number of carbonyl (C=O) groups is 1. The van der Waals surface area contributed by atoms with Crippen molar-refractivity contribution in [3.8, 4) is 0 Å². The molecule has 0 spiro atoms. The van der Waals surface area contributed by atoms with Gasteiger partial charge < -0.3 is 25.4 Å². The third kappa shape index (κ3) is 3.79. The van der Waals surface area contributed by atoms with Gasteiger partial charge in [-0.15, -0.1) is 0 Å². The summed E-state index contributed by atoms with van der Waals surface area (Å²) in [4.78, 5) is 17.9. The number of Topliss-reactive ketones (excluding diaryl/α,β-unsaturated/α-hetero) is 1. The van der Waals surface area contributed by atoms with Crippen LogP contribution in [0.15, 0.2) is 78.5 Å². The summed E-state index contributed by atoms with van der Waals surface area (Å²) in [5.41, 5.74) is 2.98. The zero-order chi connectivity index (χ0) is 31.2. The molecule has 1 aliphatic heterocycles. The van der Waals surface area contributed by atoms with Crippen LogP contribution in [0.4, 0.5) is 14.6 Å². The number of alkyl halides is 2. The minimum Gasteiger partial charge on any atom is -0.390 e. The number of anilines is 1. The van der Waals surface area contributed by atoms with Crippen molar-refractivity contribution in [2.75, 3.05) is 12.3 Å². The fourth-order valence-electron chi connectivity index (χ4n) is 9.35. The number of hydrogen-bond acceptors (Lipinski definition) is 7. The molecule has 5 aliphatic rings. The Kier molecular flexibility index (Phi) is 6.62. The number of ether oxygens (including phenoxy) is 2. The van der Waals surface area contributed by atoms with Crippen molar-refractivity contribution in [2.24, 2.45) is 22.7 Å². The van der Waals surface area contributed by atoms with E-state index < -0.39 is 71.0 Å². The van der Waals surface area contributed by atoms with Crippen molar-refractivity contribution in [3.05, 3.63) is 95.2 Å². The van der Waals surface area contributed by atoms with Gasteiger partial charge in [-0.05, 0) is 66.9 Å². The zero-order valence-electron chi connectivity index (χ0n) is 24.9. The quantitative estimate of drug-likeness (QED) is 0.446. The molecular formula is C35H38F2N2O5. The molecule has 0 radical (unpaired) electrons. The lowest BCUT2D eigenvalue weighted by molar-refractivity contribution is -0.235. The van der Waals surface area contributed by atoms with Gasteiger partial charge in [-0.1, -0.05) is 62.1 Å². The van der Waals surface area contributed by atoms with Gasteiger partial charge in [0.05, 0.1) is 12.2 Å². The van der Waals surface area contributed by atoms with E-state index in [9.17, 15) is 15.0 Å². The van der Waals surface area contributed by atoms with E-state index in [1.54, 1.807) is 37.4 Å². The number of carbonyl (C=O) groups excluding carboxylic acids is 1. The number of aliphatic hydroxyl groups is 2. The molecule has 10 atom stereocenters. The molecule has 1 saturated heterocycles. The van der Waals surface area contributed by atoms with Crippen LogP contribution in [0.2, 0.25) is 0 Å². The summed E-state index contributed by atoms with van der Waals surface area (Å²) in [6, 6.07) is 11.3. The van der Waals surface area contributed by atoms with Gasteiger partial charge in [-0.2, -0.15) is 0 Å². The number of nitrogen functional groups attached to an aromatic ring is 1. The van der Waals surface area contributed by atoms with Crippen molar-refractivity contribution in [1.82, 2.24) is 4.98 Å². The highest BCUT2D eigenvalue weighted by molar-refractivity contribution is 5.91. The second kappa shape index (κ2) is 9.88. The summed E-state index contributed by atoms with van der Waals surface area (Å²) in [6.07, 6.45) is 2.61. The SMILES string of the molecule is C=C1C=C[C@@]2(C)C(=C1)[C@@H](F)C[C@H]1[C@@H]3C[C@H]4O[C@@H](c5ccc(Cc6ccc(N)nc6)cc5)O[C@@]4(C(=O)CO)[C@@]3(C)C[C@H](O)[C@@]12F. The number of nitrogens with zero attached hydrogens (tertiary/aromatic N) is 1. The first-order valence-electron chi connectivity index (χ1n) is 15.3. The number of aliphatic hydroxyl groups excluding tert-OH is 2. The zero-order valence-corrected chi connectivity index (χ0v) is 24.9. The highest BCUT2D eigenvalue weighted by Gasteiger charge is 2.80. The van der Waals surface area contributed by atoms with E-state index in [1.165, 1.54) is 0 Å². The average Bonchev–Trinajstić information content (AvgIpc) is 3.50. The Bertz CT molecular complexity index is 1580. The normalized spacial score (nSPS) is 42.2. The van der Waals surface area contributed by atoms with Gasteiger partial charge in [0, 0.05) is 28.5 Å². The third-order valence-electron chi connectivity index (χ3n) is 11.5. The number of benzene rings is 1. The number of hydrogen-bond donors (Lipinski definition) is 3. The molecule has 0 amide bonds. The Morgan fingerprint density at radius 2 is 1.86 bits per heavy atom. The molecule has 1 aromatic heterocycles. The van der Waals surface area contributed by atoms with Crippen molar-refractivity contribution in [3.63, 3.8) is 0 Å². The maximum absolute atomic E-state index is 17.6. The standard InChI is InChI=1S/C35H38F2N2O5/c1-19-10-11-32(2)25(12-19)26(36)14-24-23-15-29-35(28(42)18-40,33(23,3)16-27(41)34(24,32)37)44-31(43-29)22-7-4-20(5-8-22)13-21-6-9-30(38)39-17-21/h4-12,17,23-24,26-27,29,31,40-41H,1,13-16,18H2,2-3H3,(H2,38,39)/t23-,24-,26-,27-,29+,31+,32-,33-,34-,35+/m0/s1. The molecule has 3 saturated carbocycles. The van der Waals surface area contributed by atoms with Gasteiger partial charge in [0.1, 0.15) is 18.6 Å². The van der Waals surface area contributed by atoms with E-state index >= 15 is 8.78 Å². The number of fused-ring (bicyclic) bond motifs is 7. The molecule has 4 fully saturated rings. The second-order valence-electron chi connectivity index (χ2n) is 13.7. The second-order valence-corrected chi connectivity index (χ2v) is 13.7. The first-order chi connectivity index (χ1) is 20.9. The molecule has 4 aliphatic carbocycles. The number of nitrogens with two attached hydrogens (primary N) is 1. The largest absolute Gasteiger partial charge is 0.390 e. The molecule has 232 valence electrons. The predicted octanol–water partition coefficient (Wildman–Crippen LogP) is 4.88. The van der Waals surface area contributed by atoms with Gasteiger partial charge in [0.15, 0.2) is 23.3 Å². The van der Waals surface area contributed by atoms with Crippen LogP contribution in [0.3, 0.4) is 0 Å². The smallest absolute Gasteiger partial charge is 0.193 e. The number of allylic oxidation sites excluding steroid dienone is 5. The van der Waals surface area contributed by atoms with Gasteiger partial charge >= 0.3 is 0 Å². The molecule has 7 nitrogen and oxygen atoms in total. The Balaban J connectivity index is 1.21. The first kappa shape index (κ1) is 29.5. The third-order valence-corrected chi connectivity index (χ3v) is 11.5. The predicted molar refractivity (Wildman–Crippen MR) is 160 cm³/mol. The number of halogens is 2. The molecule has 4 N–H and O–H groups in total. The summed E-state index contributed by atoms with van der Waals surface area (Å²) in [5, 5.41) is 21.9. The van der Waals surface area contributed by atoms with E-state index in [1.807, 2.05) is 37.3 Å². The molecule has 0 bridgehead atoms. The summed E-state index contributed by atoms with van der Waals surface area (Å²) in [6.45, 7) is 6.56. The van der Waals surface area contributed by atoms with E-state index in [4.69, 9.17) is 15.2 Å². The Hall–Kier alpha value is -3.24. The Labute approximate surface area is 255 Å². The summed E-state index contributed by atoms with van der Waals surface area (Å²) in [7, 11) is 0. The van der Waals surface area contributed by atoms with Crippen LogP contribution < -0.4 is 5.73 Å². The van der Waals surface area contributed by atoms with E-state index in [0.717, 1.165) is 11.1 Å². The summed E-state index contributed by atoms with van der Waals surface area (Å²) in [5.74, 6) is -1.57. The summed E-state index contributed by atoms with van der Waals surface area (Å²) < 4.78 is 46.5. The fraction of sp³-hybridized carbons (Fsp3) is 0.486. The van der Waals surface area contributed by atoms with E-state index in [-0.39, 0.29) is 24.8 Å². The molecule has 1 aromatic carbocycles. The van der Waals surface area contributed by atoms with Gasteiger partial charge in [-0.25, -0.2) is 13.8 Å². The number of pyridine rings is 1. The molecule has 9 heteroatoms. The number of rotatable bonds is 5. The summed E-state index contributed by atoms with van der Waals surface area (Å²) >= 11 is 0. The lowest BCUT2D eigenvalue weighted by atomic mass is 9.44. The van der Waals surface area contributed by atoms with Crippen molar-refractivity contribution in [1.29, 1.82) is 0 Å². The Morgan fingerprint density at radius 1 is 1.14 bits per heavy atom. The van der Waals surface area contributed by atoms with Gasteiger partial charge in [0.25, 0.3) is 0 Å². The maximum atomic E-state index is 17.6. The van der Waals surface area contributed by atoms with Crippen LogP contribution in [0.25, 0.3) is 0 Å². The topological polar surface area (TPSA) is 115 Å². The fourth-order valence-corrected chi connectivity index (χ4v) is 9.35. The van der Waals surface area contributed by atoms with E-state index in [2.05, 4.69) is 11.6 Å². The monoisotopic (exact) mass is 604 g/mol. The van der Waals surface area contributed by atoms with Crippen LogP contribution in [-0.4, -0.2) is 57.2 Å². The molecule has 0 unspecified atom stereocenters. The van der Waals surface area contributed by atoms with Crippen LogP contribution in [-0.2, 0) is 20.7 Å². The van der Waals surface area contributed by atoms with Crippen molar-refractivity contribution >= 4 is 11.6 Å². The number of aromatic nitrogens is 1. The van der Waals surface area contributed by atoms with Crippen molar-refractivity contribution < 1.29 is 33.3 Å².